The van der Waals surface area contributed by atoms with Crippen LogP contribution in [-0.2, 0) is 9.59 Å². The van der Waals surface area contributed by atoms with Gasteiger partial charge in [0.25, 0.3) is 0 Å². The van der Waals surface area contributed by atoms with Crippen molar-refractivity contribution in [3.63, 3.8) is 0 Å². The van der Waals surface area contributed by atoms with Gasteiger partial charge in [-0.1, -0.05) is 138 Å². The monoisotopic (exact) mass is 767 g/mol. The molecule has 3 aromatic carbocycles. The fourth-order valence-electron chi connectivity index (χ4n) is 9.49. The summed E-state index contributed by atoms with van der Waals surface area (Å²) >= 11 is 0. The minimum atomic E-state index is 0.448. The molecule has 6 rings (SSSR count). The number of unbranched alkanes of at least 4 members (excludes halogenated alkanes) is 6. The number of ether oxygens (including phenoxy) is 2. The first-order valence-electron chi connectivity index (χ1n) is 22.6. The van der Waals surface area contributed by atoms with E-state index < -0.39 is 0 Å². The molecule has 0 saturated heterocycles. The summed E-state index contributed by atoms with van der Waals surface area (Å²) in [5.41, 5.74) is 4.05. The molecule has 0 aliphatic heterocycles. The van der Waals surface area contributed by atoms with E-state index in [2.05, 4.69) is 88.4 Å². The van der Waals surface area contributed by atoms with E-state index in [1.807, 2.05) is 25.7 Å². The molecule has 0 radical (unpaired) electrons. The number of rotatable bonds is 16. The Bertz CT molecular complexity index is 1370. The highest BCUT2D eigenvalue weighted by atomic mass is 16.5. The van der Waals surface area contributed by atoms with E-state index in [1.54, 1.807) is 0 Å². The highest BCUT2D eigenvalue weighted by Crippen LogP contribution is 2.42. The Hall–Kier alpha value is -3.40. The van der Waals surface area contributed by atoms with E-state index >= 15 is 0 Å². The number of hydrogen-bond acceptors (Lipinski definition) is 4. The topological polar surface area (TPSA) is 52.6 Å². The molecule has 3 aliphatic rings. The third-order valence-electron chi connectivity index (χ3n) is 13.0. The van der Waals surface area contributed by atoms with E-state index in [1.165, 1.54) is 158 Å². The molecule has 0 atom stereocenters. The summed E-state index contributed by atoms with van der Waals surface area (Å²) in [7, 11) is 0. The quantitative estimate of drug-likeness (QED) is 0.136. The van der Waals surface area contributed by atoms with Gasteiger partial charge >= 0.3 is 0 Å². The second-order valence-corrected chi connectivity index (χ2v) is 17.1. The lowest BCUT2D eigenvalue weighted by atomic mass is 9.70. The molecule has 0 spiro atoms. The van der Waals surface area contributed by atoms with Crippen LogP contribution in [0.5, 0.6) is 17.2 Å². The van der Waals surface area contributed by atoms with Gasteiger partial charge in [-0.05, 0) is 150 Å². The maximum atomic E-state index is 8.00. The van der Waals surface area contributed by atoms with Crippen molar-refractivity contribution < 1.29 is 19.1 Å². The molecule has 3 saturated carbocycles. The number of benzene rings is 3. The highest BCUT2D eigenvalue weighted by Gasteiger charge is 2.31. The van der Waals surface area contributed by atoms with Crippen molar-refractivity contribution in [3.05, 3.63) is 89.5 Å². The summed E-state index contributed by atoms with van der Waals surface area (Å²) in [5, 5.41) is 0. The number of carbonyl (C=O) groups is 2. The van der Waals surface area contributed by atoms with E-state index in [9.17, 15) is 0 Å². The van der Waals surface area contributed by atoms with Gasteiger partial charge in [-0.3, -0.25) is 0 Å². The minimum Gasteiger partial charge on any atom is -0.490 e. The van der Waals surface area contributed by atoms with Crippen LogP contribution >= 0.6 is 0 Å². The van der Waals surface area contributed by atoms with E-state index in [-0.39, 0.29) is 0 Å². The van der Waals surface area contributed by atoms with Crippen molar-refractivity contribution in [2.24, 2.45) is 23.7 Å². The highest BCUT2D eigenvalue weighted by molar-refractivity contribution is 5.35. The number of hydrogen-bond donors (Lipinski definition) is 0. The minimum absolute atomic E-state index is 0.448. The molecule has 56 heavy (non-hydrogen) atoms. The first-order valence-corrected chi connectivity index (χ1v) is 22.6. The lowest BCUT2D eigenvalue weighted by Crippen LogP contribution is -2.29. The molecule has 0 bridgehead atoms. The molecular weight excluding hydrogens is 689 g/mol. The molecule has 3 fully saturated rings. The van der Waals surface area contributed by atoms with Crippen molar-refractivity contribution in [3.8, 4) is 17.2 Å². The van der Waals surface area contributed by atoms with Crippen molar-refractivity contribution in [2.75, 3.05) is 0 Å². The van der Waals surface area contributed by atoms with Crippen LogP contribution in [-0.4, -0.2) is 19.7 Å². The van der Waals surface area contributed by atoms with E-state index in [0.717, 1.165) is 46.8 Å². The summed E-state index contributed by atoms with van der Waals surface area (Å²) < 4.78 is 12.2. The maximum Gasteiger partial charge on any atom is 0.127 e. The molecule has 0 amide bonds. The zero-order valence-corrected chi connectivity index (χ0v) is 36.0. The molecule has 310 valence electrons. The third kappa shape index (κ3) is 17.4. The molecule has 3 aliphatic carbocycles. The van der Waals surface area contributed by atoms with Gasteiger partial charge in [0.15, 0.2) is 0 Å². The van der Waals surface area contributed by atoms with Crippen LogP contribution in [0.1, 0.15) is 178 Å². The van der Waals surface area contributed by atoms with E-state index in [0.29, 0.717) is 6.10 Å². The number of carbonyl (C=O) groups excluding carboxylic acids is 2. The third-order valence-corrected chi connectivity index (χ3v) is 13.0. The predicted octanol–water partition coefficient (Wildman–Crippen LogP) is 15.4. The van der Waals surface area contributed by atoms with Crippen molar-refractivity contribution in [1.82, 2.24) is 0 Å². The van der Waals surface area contributed by atoms with Gasteiger partial charge in [0, 0.05) is 0 Å². The zero-order valence-electron chi connectivity index (χ0n) is 36.0. The van der Waals surface area contributed by atoms with Gasteiger partial charge in [0.2, 0.25) is 0 Å². The first kappa shape index (κ1) is 47.0. The number of aryl methyl sites for hydroxylation is 2. The van der Waals surface area contributed by atoms with Crippen LogP contribution in [0.25, 0.3) is 0 Å². The summed E-state index contributed by atoms with van der Waals surface area (Å²) in [6, 6.07) is 25.6. The van der Waals surface area contributed by atoms with Crippen molar-refractivity contribution in [2.45, 2.75) is 181 Å². The fourth-order valence-corrected chi connectivity index (χ4v) is 9.49. The summed E-state index contributed by atoms with van der Waals surface area (Å²) in [4.78, 5) is 16.0. The van der Waals surface area contributed by atoms with Crippen LogP contribution < -0.4 is 9.47 Å². The molecule has 0 aromatic heterocycles. The molecule has 3 aromatic rings. The van der Waals surface area contributed by atoms with Gasteiger partial charge in [-0.2, -0.15) is 0 Å². The largest absolute Gasteiger partial charge is 0.490 e. The second-order valence-electron chi connectivity index (χ2n) is 17.1. The summed E-state index contributed by atoms with van der Waals surface area (Å²) in [5.74, 6) is 7.66. The lowest BCUT2D eigenvalue weighted by molar-refractivity contribution is -0.0987. The van der Waals surface area contributed by atoms with Gasteiger partial charge in [0.1, 0.15) is 30.8 Å². The SMILES string of the molecule is C=O.C=O.CCCCCC1CCC(c2ccc(Oc3ccc(C)cc3)cc2)CC1.CCCCCCCC1CCC(C2CCC(Oc3ccc(C)cc3)CC2)CC1. The standard InChI is InChI=1S/C26H42O.C24H32O.2CH2O/c1-3-4-5-6-7-8-22-11-13-23(14-12-22)24-15-19-26(20-16-24)27-25-17-9-21(2)10-18-25;1-3-4-5-6-20-9-11-21(12-10-20)22-13-17-24(18-14-22)25-23-15-7-19(2)8-16-23;2*1-2/h9-10,17-18,22-24,26H,3-8,11-16,19-20H2,1-2H3;7-8,13-18,20-21H,3-6,9-12H2,1-2H3;2*1H2. The molecule has 0 N–H and O–H groups in total. The lowest BCUT2D eigenvalue weighted by Gasteiger charge is -2.38. The van der Waals surface area contributed by atoms with Gasteiger partial charge < -0.3 is 19.1 Å². The molecule has 4 heteroatoms. The Morgan fingerprint density at radius 1 is 0.464 bits per heavy atom. The van der Waals surface area contributed by atoms with Gasteiger partial charge in [-0.25, -0.2) is 0 Å². The van der Waals surface area contributed by atoms with Crippen LogP contribution in [0.4, 0.5) is 0 Å². The predicted molar refractivity (Wildman–Crippen MR) is 237 cm³/mol. The maximum absolute atomic E-state index is 8.00. The van der Waals surface area contributed by atoms with Gasteiger partial charge in [0.05, 0.1) is 6.10 Å². The fraction of sp³-hybridized carbons (Fsp3) is 0.615. The Kier molecular flexibility index (Phi) is 23.6. The molecular formula is C52H78O4. The Labute approximate surface area is 343 Å². The summed E-state index contributed by atoms with van der Waals surface area (Å²) in [6.07, 6.45) is 31.7. The van der Waals surface area contributed by atoms with Crippen molar-refractivity contribution in [1.29, 1.82) is 0 Å². The smallest absolute Gasteiger partial charge is 0.127 e. The Morgan fingerprint density at radius 2 is 0.857 bits per heavy atom. The van der Waals surface area contributed by atoms with Crippen LogP contribution in [0.3, 0.4) is 0 Å². The Balaban J connectivity index is 0.000000277. The van der Waals surface area contributed by atoms with E-state index in [4.69, 9.17) is 19.1 Å². The second kappa shape index (κ2) is 28.1. The average Bonchev–Trinajstić information content (AvgIpc) is 3.25. The average molecular weight is 767 g/mol. The summed E-state index contributed by atoms with van der Waals surface area (Å²) in [6.45, 7) is 12.8. The Morgan fingerprint density at radius 3 is 1.36 bits per heavy atom. The van der Waals surface area contributed by atoms with Crippen LogP contribution in [0.15, 0.2) is 72.8 Å². The first-order chi connectivity index (χ1) is 27.5. The molecule has 0 unspecified atom stereocenters. The van der Waals surface area contributed by atoms with Crippen molar-refractivity contribution >= 4 is 13.6 Å². The van der Waals surface area contributed by atoms with Crippen LogP contribution in [0.2, 0.25) is 0 Å². The zero-order chi connectivity index (χ0) is 40.4. The molecule has 4 nitrogen and oxygen atoms in total. The molecule has 0 heterocycles. The van der Waals surface area contributed by atoms with Gasteiger partial charge in [-0.15, -0.1) is 0 Å². The normalized spacial score (nSPS) is 23.1. The van der Waals surface area contributed by atoms with Crippen LogP contribution in [0, 0.1) is 37.5 Å².